The number of furan rings is 1. The van der Waals surface area contributed by atoms with Crippen LogP contribution in [0.3, 0.4) is 0 Å². The quantitative estimate of drug-likeness (QED) is 0.169. The largest absolute Gasteiger partial charge is 0.452 e. The summed E-state index contributed by atoms with van der Waals surface area (Å²) in [5.74, 6) is -0.0386. The zero-order valence-corrected chi connectivity index (χ0v) is 20.8. The highest BCUT2D eigenvalue weighted by Gasteiger charge is 2.26. The van der Waals surface area contributed by atoms with Crippen LogP contribution in [0, 0.1) is 6.92 Å². The summed E-state index contributed by atoms with van der Waals surface area (Å²) in [6, 6.07) is 30.3. The van der Waals surface area contributed by atoms with Crippen LogP contribution in [-0.4, -0.2) is 5.78 Å². The van der Waals surface area contributed by atoms with Crippen LogP contribution in [0.25, 0.3) is 44.2 Å². The molecule has 0 atom stereocenters. The van der Waals surface area contributed by atoms with Crippen molar-refractivity contribution in [3.8, 4) is 22.3 Å². The van der Waals surface area contributed by atoms with E-state index in [-0.39, 0.29) is 11.5 Å². The van der Waals surface area contributed by atoms with Gasteiger partial charge in [0.05, 0.1) is 5.39 Å². The molecule has 0 unspecified atom stereocenters. The molecule has 4 aromatic carbocycles. The fourth-order valence-electron chi connectivity index (χ4n) is 4.59. The van der Waals surface area contributed by atoms with E-state index in [1.165, 1.54) is 6.07 Å². The number of hydrogen-bond donors (Lipinski definition) is 0. The van der Waals surface area contributed by atoms with Gasteiger partial charge in [-0.15, -0.1) is 0 Å². The highest BCUT2D eigenvalue weighted by Crippen LogP contribution is 2.40. The summed E-state index contributed by atoms with van der Waals surface area (Å²) in [5.41, 5.74) is 5.26. The second-order valence-electron chi connectivity index (χ2n) is 8.65. The Hall–Kier alpha value is -4.22. The third-order valence-corrected chi connectivity index (χ3v) is 6.89. The molecule has 0 saturated heterocycles. The third kappa shape index (κ3) is 3.78. The maximum Gasteiger partial charge on any atom is 0.336 e. The lowest BCUT2D eigenvalue weighted by molar-refractivity contribution is 0.101. The van der Waals surface area contributed by atoms with Gasteiger partial charge in [0, 0.05) is 27.1 Å². The Morgan fingerprint density at radius 1 is 0.750 bits per heavy atom. The molecule has 0 aliphatic heterocycles. The van der Waals surface area contributed by atoms with E-state index < -0.39 is 5.63 Å². The summed E-state index contributed by atoms with van der Waals surface area (Å²) < 4.78 is 12.8. The average molecular weight is 535 g/mol. The van der Waals surface area contributed by atoms with Crippen molar-refractivity contribution < 1.29 is 13.6 Å². The number of benzene rings is 4. The highest BCUT2D eigenvalue weighted by molar-refractivity contribution is 9.10. The Bertz CT molecular complexity index is 1810. The second kappa shape index (κ2) is 8.77. The van der Waals surface area contributed by atoms with Gasteiger partial charge in [0.2, 0.25) is 5.78 Å². The minimum atomic E-state index is -0.445. The minimum Gasteiger partial charge on any atom is -0.452 e. The Kier molecular flexibility index (Phi) is 5.42. The molecule has 6 rings (SSSR count). The van der Waals surface area contributed by atoms with Crippen LogP contribution in [0.2, 0.25) is 0 Å². The maximum atomic E-state index is 13.8. The minimum absolute atomic E-state index is 0.205. The van der Waals surface area contributed by atoms with Gasteiger partial charge >= 0.3 is 5.63 Å². The van der Waals surface area contributed by atoms with Gasteiger partial charge in [0.25, 0.3) is 0 Å². The van der Waals surface area contributed by atoms with Gasteiger partial charge in [-0.1, -0.05) is 82.7 Å². The molecule has 0 fully saturated rings. The van der Waals surface area contributed by atoms with Gasteiger partial charge in [-0.05, 0) is 53.4 Å². The van der Waals surface area contributed by atoms with Crippen molar-refractivity contribution in [2.24, 2.45) is 0 Å². The van der Waals surface area contributed by atoms with Gasteiger partial charge in [-0.2, -0.15) is 0 Å². The molecule has 4 nitrogen and oxygen atoms in total. The van der Waals surface area contributed by atoms with Gasteiger partial charge < -0.3 is 8.83 Å². The standard InChI is InChI=1S/C31H19BrO4/c1-18-17-26(33)36-30-24(18)15-16-25-28(30)27(21-11-13-23(32)14-12-21)31(35-25)29(34)22-9-7-20(8-10-22)19-5-3-2-4-6-19/h2-17H,1H3. The predicted molar refractivity (Wildman–Crippen MR) is 145 cm³/mol. The van der Waals surface area contributed by atoms with Crippen molar-refractivity contribution in [1.29, 1.82) is 0 Å². The normalized spacial score (nSPS) is 11.3. The van der Waals surface area contributed by atoms with Crippen molar-refractivity contribution in [1.82, 2.24) is 0 Å². The SMILES string of the molecule is Cc1cc(=O)oc2c1ccc1oc(C(=O)c3ccc(-c4ccccc4)cc3)c(-c3ccc(Br)cc3)c12. The number of halogens is 1. The molecule has 0 bridgehead atoms. The lowest BCUT2D eigenvalue weighted by atomic mass is 9.95. The van der Waals surface area contributed by atoms with Crippen LogP contribution in [0.5, 0.6) is 0 Å². The maximum absolute atomic E-state index is 13.8. The van der Waals surface area contributed by atoms with Crippen LogP contribution in [-0.2, 0) is 0 Å². The Morgan fingerprint density at radius 3 is 2.14 bits per heavy atom. The first-order valence-corrected chi connectivity index (χ1v) is 12.2. The van der Waals surface area contributed by atoms with Crippen LogP contribution in [0.4, 0.5) is 0 Å². The summed E-state index contributed by atoms with van der Waals surface area (Å²) in [6.07, 6.45) is 0. The van der Waals surface area contributed by atoms with Crippen LogP contribution < -0.4 is 5.63 Å². The summed E-state index contributed by atoms with van der Waals surface area (Å²) >= 11 is 3.48. The topological polar surface area (TPSA) is 60.4 Å². The summed E-state index contributed by atoms with van der Waals surface area (Å²) in [7, 11) is 0. The van der Waals surface area contributed by atoms with E-state index in [4.69, 9.17) is 8.83 Å². The number of fused-ring (bicyclic) bond motifs is 3. The van der Waals surface area contributed by atoms with Gasteiger partial charge in [-0.3, -0.25) is 4.79 Å². The summed E-state index contributed by atoms with van der Waals surface area (Å²) in [6.45, 7) is 1.87. The Morgan fingerprint density at radius 2 is 1.42 bits per heavy atom. The molecule has 0 saturated carbocycles. The Labute approximate surface area is 214 Å². The third-order valence-electron chi connectivity index (χ3n) is 6.36. The van der Waals surface area contributed by atoms with Crippen LogP contribution in [0.1, 0.15) is 21.7 Å². The van der Waals surface area contributed by atoms with Crippen molar-refractivity contribution in [3.05, 3.63) is 129 Å². The monoisotopic (exact) mass is 534 g/mol. The average Bonchev–Trinajstić information content (AvgIpc) is 3.29. The molecule has 2 heterocycles. The zero-order chi connectivity index (χ0) is 24.8. The molecular formula is C31H19BrO4. The molecule has 5 heteroatoms. The van der Waals surface area contributed by atoms with Crippen molar-refractivity contribution in [2.45, 2.75) is 6.92 Å². The molecule has 0 spiro atoms. The van der Waals surface area contributed by atoms with E-state index in [2.05, 4.69) is 15.9 Å². The molecule has 36 heavy (non-hydrogen) atoms. The van der Waals surface area contributed by atoms with Gasteiger partial charge in [0.1, 0.15) is 11.2 Å². The van der Waals surface area contributed by atoms with Crippen molar-refractivity contribution in [3.63, 3.8) is 0 Å². The van der Waals surface area contributed by atoms with E-state index in [0.717, 1.165) is 32.1 Å². The van der Waals surface area contributed by atoms with Gasteiger partial charge in [-0.25, -0.2) is 4.79 Å². The first kappa shape index (κ1) is 22.3. The van der Waals surface area contributed by atoms with E-state index in [1.807, 2.05) is 97.9 Å². The summed E-state index contributed by atoms with van der Waals surface area (Å²) in [4.78, 5) is 26.1. The number of carbonyl (C=O) groups excluding carboxylic acids is 1. The molecule has 0 amide bonds. The molecule has 6 aromatic rings. The van der Waals surface area contributed by atoms with Crippen LogP contribution >= 0.6 is 15.9 Å². The lowest BCUT2D eigenvalue weighted by Crippen LogP contribution is -2.02. The first-order valence-electron chi connectivity index (χ1n) is 11.5. The zero-order valence-electron chi connectivity index (χ0n) is 19.2. The molecule has 0 aliphatic carbocycles. The van der Waals surface area contributed by atoms with E-state index in [0.29, 0.717) is 27.7 Å². The fraction of sp³-hybridized carbons (Fsp3) is 0.0323. The first-order chi connectivity index (χ1) is 17.5. The molecule has 174 valence electrons. The molecule has 2 aromatic heterocycles. The van der Waals surface area contributed by atoms with Gasteiger partial charge in [0.15, 0.2) is 5.76 Å². The van der Waals surface area contributed by atoms with E-state index in [1.54, 1.807) is 0 Å². The molecule has 0 radical (unpaired) electrons. The van der Waals surface area contributed by atoms with E-state index in [9.17, 15) is 9.59 Å². The lowest BCUT2D eigenvalue weighted by Gasteiger charge is -2.07. The highest BCUT2D eigenvalue weighted by atomic mass is 79.9. The number of ketones is 1. The molecule has 0 aliphatic rings. The number of carbonyl (C=O) groups is 1. The number of rotatable bonds is 4. The summed E-state index contributed by atoms with van der Waals surface area (Å²) in [5, 5.41) is 1.41. The molecular weight excluding hydrogens is 516 g/mol. The van der Waals surface area contributed by atoms with Crippen molar-refractivity contribution in [2.75, 3.05) is 0 Å². The second-order valence-corrected chi connectivity index (χ2v) is 9.57. The van der Waals surface area contributed by atoms with Crippen molar-refractivity contribution >= 4 is 43.7 Å². The number of aryl methyl sites for hydroxylation is 1. The van der Waals surface area contributed by atoms with E-state index >= 15 is 0 Å². The molecule has 0 N–H and O–H groups in total. The predicted octanol–water partition coefficient (Wildman–Crippen LogP) is 8.18. The smallest absolute Gasteiger partial charge is 0.336 e. The Balaban J connectivity index is 1.57. The van der Waals surface area contributed by atoms with Crippen LogP contribution in [0.15, 0.2) is 115 Å². The number of hydrogen-bond acceptors (Lipinski definition) is 4. The fourth-order valence-corrected chi connectivity index (χ4v) is 4.85.